The molecular weight excluding hydrogens is 404 g/mol. The van der Waals surface area contributed by atoms with Crippen molar-refractivity contribution in [3.05, 3.63) is 63.3 Å². The second-order valence-corrected chi connectivity index (χ2v) is 8.98. The van der Waals surface area contributed by atoms with Crippen molar-refractivity contribution in [1.29, 1.82) is 0 Å². The number of carbonyl (C=O) groups is 1. The van der Waals surface area contributed by atoms with Crippen LogP contribution in [0.3, 0.4) is 0 Å². The van der Waals surface area contributed by atoms with E-state index in [1.54, 1.807) is 53.4 Å². The monoisotopic (exact) mass is 426 g/mol. The second kappa shape index (κ2) is 8.55. The largest absolute Gasteiger partial charge is 0.497 e. The molecule has 1 aromatic carbocycles. The van der Waals surface area contributed by atoms with Crippen LogP contribution in [0.4, 0.5) is 0 Å². The quantitative estimate of drug-likeness (QED) is 0.241. The Hall–Kier alpha value is -2.38. The molecule has 0 N–H and O–H groups in total. The van der Waals surface area contributed by atoms with Crippen LogP contribution in [0.2, 0.25) is 0 Å². The maximum Gasteiger partial charge on any atom is 0.272 e. The number of methoxy groups -OCH3 is 1. The van der Waals surface area contributed by atoms with Crippen LogP contribution in [0.1, 0.15) is 33.6 Å². The number of aryl methyl sites for hydroxylation is 2. The molecule has 7 heteroatoms. The minimum Gasteiger partial charge on any atom is -0.497 e. The van der Waals surface area contributed by atoms with Crippen LogP contribution in [0, 0.1) is 0 Å². The first-order valence-corrected chi connectivity index (χ1v) is 11.4. The molecule has 2 aromatic heterocycles. The highest BCUT2D eigenvalue weighted by molar-refractivity contribution is 7.99. The Balaban J connectivity index is 1.66. The average molecular weight is 427 g/mol. The Morgan fingerprint density at radius 2 is 2.07 bits per heavy atom. The number of allylic oxidation sites excluding steroid dienone is 1. The first-order valence-electron chi connectivity index (χ1n) is 9.58. The second-order valence-electron chi connectivity index (χ2n) is 6.93. The van der Waals surface area contributed by atoms with Crippen molar-refractivity contribution in [2.24, 2.45) is 0 Å². The number of thiophene rings is 1. The SMILES string of the molecule is C=CCn1c(SCC(=O)c2ccc(OC)cc2)nc2c3c(sc2c1=O)CCCC3. The lowest BCUT2D eigenvalue weighted by atomic mass is 9.98. The number of benzene rings is 1. The zero-order chi connectivity index (χ0) is 20.4. The van der Waals surface area contributed by atoms with E-state index in [0.29, 0.717) is 23.0 Å². The summed E-state index contributed by atoms with van der Waals surface area (Å²) in [6.07, 6.45) is 5.99. The summed E-state index contributed by atoms with van der Waals surface area (Å²) in [4.78, 5) is 31.9. The molecule has 0 radical (unpaired) electrons. The summed E-state index contributed by atoms with van der Waals surface area (Å²) in [5, 5.41) is 0.579. The number of nitrogens with zero attached hydrogens (tertiary/aromatic N) is 2. The number of rotatable bonds is 7. The van der Waals surface area contributed by atoms with Gasteiger partial charge < -0.3 is 4.74 Å². The molecule has 0 saturated heterocycles. The third kappa shape index (κ3) is 3.89. The molecule has 3 aromatic rings. The molecule has 0 bridgehead atoms. The number of fused-ring (bicyclic) bond motifs is 3. The van der Waals surface area contributed by atoms with Gasteiger partial charge in [0.05, 0.1) is 18.4 Å². The number of aromatic nitrogens is 2. The molecule has 150 valence electrons. The van der Waals surface area contributed by atoms with Gasteiger partial charge in [-0.15, -0.1) is 17.9 Å². The van der Waals surface area contributed by atoms with E-state index in [1.807, 2.05) is 0 Å². The van der Waals surface area contributed by atoms with E-state index < -0.39 is 0 Å². The van der Waals surface area contributed by atoms with Gasteiger partial charge in [-0.3, -0.25) is 14.2 Å². The van der Waals surface area contributed by atoms with Crippen LogP contribution < -0.4 is 10.3 Å². The first kappa shape index (κ1) is 19.9. The molecule has 0 aliphatic heterocycles. The molecule has 0 saturated carbocycles. The van der Waals surface area contributed by atoms with Gasteiger partial charge in [-0.25, -0.2) is 4.98 Å². The summed E-state index contributed by atoms with van der Waals surface area (Å²) < 4.78 is 7.49. The summed E-state index contributed by atoms with van der Waals surface area (Å²) in [7, 11) is 1.59. The number of hydrogen-bond acceptors (Lipinski definition) is 6. The van der Waals surface area contributed by atoms with E-state index in [4.69, 9.17) is 9.72 Å². The van der Waals surface area contributed by atoms with Gasteiger partial charge in [-0.05, 0) is 55.5 Å². The van der Waals surface area contributed by atoms with Crippen molar-refractivity contribution < 1.29 is 9.53 Å². The summed E-state index contributed by atoms with van der Waals surface area (Å²) in [6.45, 7) is 4.15. The molecule has 2 heterocycles. The fourth-order valence-electron chi connectivity index (χ4n) is 3.57. The van der Waals surface area contributed by atoms with Crippen LogP contribution in [-0.2, 0) is 19.4 Å². The Morgan fingerprint density at radius 1 is 1.31 bits per heavy atom. The maximum absolute atomic E-state index is 13.1. The van der Waals surface area contributed by atoms with Crippen LogP contribution >= 0.6 is 23.1 Å². The standard InChI is InChI=1S/C22H22N2O3S2/c1-3-12-24-21(26)20-19(16-6-4-5-7-18(16)29-20)23-22(24)28-13-17(25)14-8-10-15(27-2)11-9-14/h3,8-11H,1,4-7,12-13H2,2H3. The van der Waals surface area contributed by atoms with Gasteiger partial charge in [0, 0.05) is 17.0 Å². The Morgan fingerprint density at radius 3 is 2.79 bits per heavy atom. The highest BCUT2D eigenvalue weighted by Gasteiger charge is 2.22. The summed E-state index contributed by atoms with van der Waals surface area (Å²) in [5.41, 5.74) is 2.63. The van der Waals surface area contributed by atoms with Crippen molar-refractivity contribution in [2.75, 3.05) is 12.9 Å². The zero-order valence-corrected chi connectivity index (χ0v) is 17.9. The molecule has 0 amide bonds. The van der Waals surface area contributed by atoms with E-state index in [9.17, 15) is 9.59 Å². The smallest absolute Gasteiger partial charge is 0.272 e. The highest BCUT2D eigenvalue weighted by atomic mass is 32.2. The average Bonchev–Trinajstić information content (AvgIpc) is 3.13. The lowest BCUT2D eigenvalue weighted by molar-refractivity contribution is 0.102. The van der Waals surface area contributed by atoms with Crippen molar-refractivity contribution in [3.8, 4) is 5.75 Å². The van der Waals surface area contributed by atoms with E-state index in [0.717, 1.165) is 29.5 Å². The number of ketones is 1. The zero-order valence-electron chi connectivity index (χ0n) is 16.3. The van der Waals surface area contributed by atoms with Crippen LogP contribution in [0.5, 0.6) is 5.75 Å². The number of thioether (sulfide) groups is 1. The van der Waals surface area contributed by atoms with Gasteiger partial charge in [0.2, 0.25) is 0 Å². The highest BCUT2D eigenvalue weighted by Crippen LogP contribution is 2.34. The van der Waals surface area contributed by atoms with Gasteiger partial charge in [-0.1, -0.05) is 17.8 Å². The Kier molecular flexibility index (Phi) is 5.87. The molecule has 0 spiro atoms. The molecule has 0 unspecified atom stereocenters. The van der Waals surface area contributed by atoms with Crippen molar-refractivity contribution >= 4 is 39.1 Å². The van der Waals surface area contributed by atoms with Crippen LogP contribution in [0.25, 0.3) is 10.2 Å². The third-order valence-corrected chi connectivity index (χ3v) is 7.32. The lowest BCUT2D eigenvalue weighted by Crippen LogP contribution is -2.22. The molecule has 0 atom stereocenters. The van der Waals surface area contributed by atoms with Crippen LogP contribution in [-0.4, -0.2) is 28.2 Å². The van der Waals surface area contributed by atoms with E-state index >= 15 is 0 Å². The van der Waals surface area contributed by atoms with Crippen LogP contribution in [0.15, 0.2) is 46.9 Å². The lowest BCUT2D eigenvalue weighted by Gasteiger charge is -2.12. The van der Waals surface area contributed by atoms with Crippen molar-refractivity contribution in [1.82, 2.24) is 9.55 Å². The molecule has 4 rings (SSSR count). The summed E-state index contributed by atoms with van der Waals surface area (Å²) in [6, 6.07) is 7.05. The summed E-state index contributed by atoms with van der Waals surface area (Å²) in [5.74, 6) is 0.918. The fraction of sp³-hybridized carbons (Fsp3) is 0.318. The van der Waals surface area contributed by atoms with Gasteiger partial charge in [0.1, 0.15) is 10.4 Å². The third-order valence-electron chi connectivity index (χ3n) is 5.08. The van der Waals surface area contributed by atoms with Gasteiger partial charge in [0.25, 0.3) is 5.56 Å². The Bertz CT molecular complexity index is 1130. The summed E-state index contributed by atoms with van der Waals surface area (Å²) >= 11 is 2.89. The maximum atomic E-state index is 13.1. The molecule has 0 fully saturated rings. The number of carbonyl (C=O) groups excluding carboxylic acids is 1. The molecular formula is C22H22N2O3S2. The van der Waals surface area contributed by atoms with Gasteiger partial charge >= 0.3 is 0 Å². The van der Waals surface area contributed by atoms with Gasteiger partial charge in [0.15, 0.2) is 10.9 Å². The molecule has 29 heavy (non-hydrogen) atoms. The minimum atomic E-state index is -0.0336. The molecule has 1 aliphatic carbocycles. The number of Topliss-reactive ketones (excluding diaryl/α,β-unsaturated/α-hetero) is 1. The Labute approximate surface area is 177 Å². The van der Waals surface area contributed by atoms with E-state index in [1.165, 1.54) is 28.6 Å². The normalized spacial score (nSPS) is 13.3. The first-order chi connectivity index (χ1) is 14.1. The topological polar surface area (TPSA) is 61.2 Å². The predicted molar refractivity (Wildman–Crippen MR) is 119 cm³/mol. The minimum absolute atomic E-state index is 0.00972. The predicted octanol–water partition coefficient (Wildman–Crippen LogP) is 4.51. The molecule has 5 nitrogen and oxygen atoms in total. The fourth-order valence-corrected chi connectivity index (χ4v) is 5.74. The molecule has 1 aliphatic rings. The number of ether oxygens (including phenoxy) is 1. The van der Waals surface area contributed by atoms with Crippen molar-refractivity contribution in [3.63, 3.8) is 0 Å². The van der Waals surface area contributed by atoms with E-state index in [-0.39, 0.29) is 17.1 Å². The van der Waals surface area contributed by atoms with E-state index in [2.05, 4.69) is 6.58 Å². The van der Waals surface area contributed by atoms with Crippen molar-refractivity contribution in [2.45, 2.75) is 37.4 Å². The number of hydrogen-bond donors (Lipinski definition) is 0. The van der Waals surface area contributed by atoms with Gasteiger partial charge in [-0.2, -0.15) is 0 Å².